The molecule has 3 aromatic rings. The van der Waals surface area contributed by atoms with Crippen molar-refractivity contribution in [1.82, 2.24) is 10.1 Å². The lowest BCUT2D eigenvalue weighted by molar-refractivity contribution is -0.211. The molecule has 0 spiro atoms. The maximum absolute atomic E-state index is 14.6. The number of alkyl halides is 4. The minimum atomic E-state index is -5.54. The molecule has 46 heavy (non-hydrogen) atoms. The second-order valence-electron chi connectivity index (χ2n) is 14.4. The first kappa shape index (κ1) is 31.1. The summed E-state index contributed by atoms with van der Waals surface area (Å²) in [6.45, 7) is 4.58. The zero-order chi connectivity index (χ0) is 32.8. The molecule has 6 fully saturated rings. The Bertz CT molecular complexity index is 1740. The summed E-state index contributed by atoms with van der Waals surface area (Å²) in [6.07, 6.45) is 6.08. The summed E-state index contributed by atoms with van der Waals surface area (Å²) in [5, 5.41) is 4.20. The number of sulfonamides is 1. The molecule has 6 saturated carbocycles. The van der Waals surface area contributed by atoms with Gasteiger partial charge in [-0.15, -0.1) is 0 Å². The van der Waals surface area contributed by atoms with Crippen molar-refractivity contribution in [3.8, 4) is 11.1 Å². The molecule has 0 saturated heterocycles. The number of rotatable bonds is 9. The van der Waals surface area contributed by atoms with E-state index in [0.717, 1.165) is 38.5 Å². The van der Waals surface area contributed by atoms with Gasteiger partial charge in [0.05, 0.1) is 5.41 Å². The third kappa shape index (κ3) is 5.09. The summed E-state index contributed by atoms with van der Waals surface area (Å²) in [7, 11) is -5.54. The number of nitrogens with one attached hydrogen (secondary N) is 1. The molecule has 0 radical (unpaired) electrons. The maximum Gasteiger partial charge on any atom is 0.516 e. The molecule has 13 heteroatoms. The molecule has 9 rings (SSSR count). The van der Waals surface area contributed by atoms with Gasteiger partial charge in [0.1, 0.15) is 5.67 Å². The van der Waals surface area contributed by atoms with E-state index >= 15 is 0 Å². The standard InChI is InChI=1S/C33H36F4N4O4S/c1-21(2)26-38-27(45-39-26)30-13-10-29(11-14-30,12-15-30)20-41(28(42)31-17-32(34,18-31)19-31)25-5-3-4-23(16-25)22-6-8-24(9-7-22)40-46(43,44)33(35,36)37/h3-9,16,21,40H,10-15,17-20H2,1-2H3. The first-order chi connectivity index (χ1) is 21.6. The summed E-state index contributed by atoms with van der Waals surface area (Å²) in [4.78, 5) is 20.8. The van der Waals surface area contributed by atoms with Gasteiger partial charge < -0.3 is 9.42 Å². The lowest BCUT2D eigenvalue weighted by atomic mass is 9.41. The van der Waals surface area contributed by atoms with Crippen LogP contribution < -0.4 is 9.62 Å². The van der Waals surface area contributed by atoms with Crippen molar-refractivity contribution in [2.75, 3.05) is 16.2 Å². The number of aromatic nitrogens is 2. The Balaban J connectivity index is 1.13. The van der Waals surface area contributed by atoms with Crippen LogP contribution in [0.2, 0.25) is 0 Å². The number of nitrogens with zero attached hydrogens (tertiary/aromatic N) is 3. The second kappa shape index (κ2) is 10.3. The van der Waals surface area contributed by atoms with Crippen molar-refractivity contribution < 1.29 is 35.3 Å². The topological polar surface area (TPSA) is 105 Å². The molecule has 6 aliphatic carbocycles. The summed E-state index contributed by atoms with van der Waals surface area (Å²) < 4.78 is 83.4. The van der Waals surface area contributed by atoms with Crippen LogP contribution in [0.15, 0.2) is 53.1 Å². The fourth-order valence-corrected chi connectivity index (χ4v) is 8.66. The Morgan fingerprint density at radius 3 is 2.15 bits per heavy atom. The zero-order valence-electron chi connectivity index (χ0n) is 25.7. The van der Waals surface area contributed by atoms with Crippen molar-refractivity contribution in [2.24, 2.45) is 10.8 Å². The number of halogens is 4. The molecular formula is C33H36F4N4O4S. The molecule has 1 amide bonds. The highest BCUT2D eigenvalue weighted by molar-refractivity contribution is 7.93. The van der Waals surface area contributed by atoms with E-state index < -0.39 is 26.6 Å². The Morgan fingerprint density at radius 2 is 1.61 bits per heavy atom. The summed E-state index contributed by atoms with van der Waals surface area (Å²) in [5.74, 6) is 1.54. The highest BCUT2D eigenvalue weighted by Gasteiger charge is 2.73. The molecule has 246 valence electrons. The molecular weight excluding hydrogens is 624 g/mol. The molecule has 6 aliphatic rings. The van der Waals surface area contributed by atoms with E-state index in [1.165, 1.54) is 24.3 Å². The summed E-state index contributed by atoms with van der Waals surface area (Å²) in [6, 6.07) is 12.9. The molecule has 4 bridgehead atoms. The van der Waals surface area contributed by atoms with Gasteiger partial charge in [-0.25, -0.2) is 4.39 Å². The fourth-order valence-electron chi connectivity index (χ4n) is 8.10. The Kier molecular flexibility index (Phi) is 6.94. The molecule has 8 nitrogen and oxygen atoms in total. The average molecular weight is 661 g/mol. The van der Waals surface area contributed by atoms with Gasteiger partial charge in [-0.3, -0.25) is 9.52 Å². The van der Waals surface area contributed by atoms with Crippen LogP contribution in [0.4, 0.5) is 28.9 Å². The van der Waals surface area contributed by atoms with Gasteiger partial charge in [0, 0.05) is 29.3 Å². The SMILES string of the molecule is CC(C)c1noc(C23CCC(CN(C(=O)C45CC(F)(C4)C5)c4cccc(-c5ccc(NS(=O)(=O)C(F)(F)F)cc5)c4)(CC2)CC3)n1. The molecule has 1 aromatic heterocycles. The number of anilines is 2. The van der Waals surface area contributed by atoms with E-state index in [2.05, 4.69) is 5.16 Å². The van der Waals surface area contributed by atoms with Gasteiger partial charge in [-0.1, -0.05) is 43.3 Å². The summed E-state index contributed by atoms with van der Waals surface area (Å²) in [5.41, 5.74) is -5.79. The fraction of sp³-hybridized carbons (Fsp3) is 0.545. The minimum absolute atomic E-state index is 0.0589. The van der Waals surface area contributed by atoms with Crippen LogP contribution in [0.1, 0.15) is 89.3 Å². The number of amides is 1. The quantitative estimate of drug-likeness (QED) is 0.237. The van der Waals surface area contributed by atoms with Crippen LogP contribution >= 0.6 is 0 Å². The van der Waals surface area contributed by atoms with Gasteiger partial charge in [0.25, 0.3) is 0 Å². The van der Waals surface area contributed by atoms with Crippen molar-refractivity contribution in [2.45, 2.75) is 94.1 Å². The second-order valence-corrected chi connectivity index (χ2v) is 16.1. The van der Waals surface area contributed by atoms with E-state index in [4.69, 9.17) is 9.51 Å². The predicted molar refractivity (Wildman–Crippen MR) is 163 cm³/mol. The number of carbonyl (C=O) groups excluding carboxylic acids is 1. The number of hydrogen-bond acceptors (Lipinski definition) is 6. The highest BCUT2D eigenvalue weighted by Crippen LogP contribution is 2.70. The van der Waals surface area contributed by atoms with Crippen LogP contribution in [0.3, 0.4) is 0 Å². The third-order valence-electron chi connectivity index (χ3n) is 10.9. The zero-order valence-corrected chi connectivity index (χ0v) is 26.5. The van der Waals surface area contributed by atoms with Gasteiger partial charge >= 0.3 is 15.5 Å². The van der Waals surface area contributed by atoms with E-state index in [1.807, 2.05) is 43.0 Å². The van der Waals surface area contributed by atoms with E-state index in [0.29, 0.717) is 35.1 Å². The normalized spacial score (nSPS) is 30.1. The number of fused-ring (bicyclic) bond motifs is 3. The largest absolute Gasteiger partial charge is 0.516 e. The van der Waals surface area contributed by atoms with E-state index in [1.54, 1.807) is 4.72 Å². The number of carbonyl (C=O) groups is 1. The van der Waals surface area contributed by atoms with Crippen LogP contribution in [0.25, 0.3) is 11.1 Å². The number of hydrogen-bond donors (Lipinski definition) is 1. The Morgan fingerprint density at radius 1 is 0.978 bits per heavy atom. The minimum Gasteiger partial charge on any atom is -0.339 e. The average Bonchev–Trinajstić information content (AvgIpc) is 3.50. The van der Waals surface area contributed by atoms with E-state index in [-0.39, 0.29) is 47.6 Å². The first-order valence-corrected chi connectivity index (χ1v) is 17.2. The van der Waals surface area contributed by atoms with Crippen LogP contribution in [-0.2, 0) is 20.2 Å². The maximum atomic E-state index is 14.6. The van der Waals surface area contributed by atoms with Gasteiger partial charge in [-0.2, -0.15) is 26.6 Å². The molecule has 0 unspecified atom stereocenters. The monoisotopic (exact) mass is 660 g/mol. The van der Waals surface area contributed by atoms with Crippen molar-refractivity contribution >= 4 is 27.3 Å². The predicted octanol–water partition coefficient (Wildman–Crippen LogP) is 7.64. The van der Waals surface area contributed by atoms with Gasteiger partial charge in [-0.05, 0) is 98.6 Å². The van der Waals surface area contributed by atoms with Crippen molar-refractivity contribution in [1.29, 1.82) is 0 Å². The number of benzene rings is 2. The lowest BCUT2D eigenvalue weighted by Gasteiger charge is -2.65. The van der Waals surface area contributed by atoms with Crippen molar-refractivity contribution in [3.63, 3.8) is 0 Å². The van der Waals surface area contributed by atoms with Gasteiger partial charge in [0.15, 0.2) is 5.82 Å². The first-order valence-electron chi connectivity index (χ1n) is 15.7. The molecule has 2 aromatic carbocycles. The molecule has 0 atom stereocenters. The molecule has 0 aliphatic heterocycles. The Labute approximate surface area is 265 Å². The Hall–Kier alpha value is -3.48. The molecule has 1 N–H and O–H groups in total. The van der Waals surface area contributed by atoms with Gasteiger partial charge in [0.2, 0.25) is 11.8 Å². The van der Waals surface area contributed by atoms with Crippen molar-refractivity contribution in [3.05, 3.63) is 60.2 Å². The van der Waals surface area contributed by atoms with E-state index in [9.17, 15) is 30.8 Å². The summed E-state index contributed by atoms with van der Waals surface area (Å²) >= 11 is 0. The van der Waals surface area contributed by atoms with Crippen LogP contribution in [-0.4, -0.2) is 42.2 Å². The molecule has 1 heterocycles. The van der Waals surface area contributed by atoms with Crippen LogP contribution in [0.5, 0.6) is 0 Å². The smallest absolute Gasteiger partial charge is 0.339 e. The highest BCUT2D eigenvalue weighted by atomic mass is 32.2. The third-order valence-corrected chi connectivity index (χ3v) is 12.0. The van der Waals surface area contributed by atoms with Crippen LogP contribution in [0, 0.1) is 10.8 Å². The lowest BCUT2D eigenvalue weighted by Crippen LogP contribution is -2.71.